The predicted octanol–water partition coefficient (Wildman–Crippen LogP) is 3.10. The van der Waals surface area contributed by atoms with E-state index in [9.17, 15) is 18.0 Å². The number of alkyl halides is 3. The summed E-state index contributed by atoms with van der Waals surface area (Å²) in [5.74, 6) is -0.372. The van der Waals surface area contributed by atoms with Gasteiger partial charge in [-0.3, -0.25) is 9.78 Å². The highest BCUT2D eigenvalue weighted by Gasteiger charge is 2.38. The smallest absolute Gasteiger partial charge is 0.326 e. The van der Waals surface area contributed by atoms with Gasteiger partial charge in [-0.2, -0.15) is 13.2 Å². The summed E-state index contributed by atoms with van der Waals surface area (Å²) >= 11 is 0. The van der Waals surface area contributed by atoms with Gasteiger partial charge in [0.25, 0.3) is 5.91 Å². The van der Waals surface area contributed by atoms with Crippen LogP contribution in [0.25, 0.3) is 11.5 Å². The molecule has 0 bridgehead atoms. The molecule has 1 saturated carbocycles. The van der Waals surface area contributed by atoms with E-state index in [1.54, 1.807) is 24.4 Å². The third-order valence-corrected chi connectivity index (χ3v) is 3.92. The molecule has 0 spiro atoms. The lowest BCUT2D eigenvalue weighted by atomic mass is 9.91. The van der Waals surface area contributed by atoms with Crippen molar-refractivity contribution in [1.82, 2.24) is 19.9 Å². The maximum atomic E-state index is 12.8. The summed E-state index contributed by atoms with van der Waals surface area (Å²) < 4.78 is 38.3. The molecule has 0 atom stereocenters. The summed E-state index contributed by atoms with van der Waals surface area (Å²) in [5.41, 5.74) is 0.577. The van der Waals surface area contributed by atoms with Crippen molar-refractivity contribution in [3.05, 3.63) is 42.4 Å². The van der Waals surface area contributed by atoms with Gasteiger partial charge in [-0.05, 0) is 31.4 Å². The van der Waals surface area contributed by atoms with Gasteiger partial charge in [0.2, 0.25) is 0 Å². The van der Waals surface area contributed by atoms with Crippen LogP contribution >= 0.6 is 0 Å². The molecule has 0 saturated heterocycles. The quantitative estimate of drug-likeness (QED) is 0.861. The Hall–Kier alpha value is -2.51. The van der Waals surface area contributed by atoms with Crippen molar-refractivity contribution in [3.8, 4) is 11.5 Å². The molecular formula is C16H15F3N4O. The Morgan fingerprint density at radius 2 is 1.88 bits per heavy atom. The summed E-state index contributed by atoms with van der Waals surface area (Å²) in [5, 5.41) is 0. The summed E-state index contributed by atoms with van der Waals surface area (Å²) in [6.07, 6.45) is 1.67. The van der Waals surface area contributed by atoms with E-state index >= 15 is 0 Å². The van der Waals surface area contributed by atoms with Gasteiger partial charge >= 0.3 is 6.18 Å². The van der Waals surface area contributed by atoms with Crippen LogP contribution < -0.4 is 0 Å². The first-order valence-corrected chi connectivity index (χ1v) is 7.55. The third kappa shape index (κ3) is 3.69. The zero-order valence-corrected chi connectivity index (χ0v) is 12.7. The summed E-state index contributed by atoms with van der Waals surface area (Å²) in [7, 11) is 0. The minimum absolute atomic E-state index is 0.0471. The summed E-state index contributed by atoms with van der Waals surface area (Å²) in [6.45, 7) is -1.25. The third-order valence-electron chi connectivity index (χ3n) is 3.92. The van der Waals surface area contributed by atoms with E-state index in [-0.39, 0.29) is 11.6 Å². The lowest BCUT2D eigenvalue weighted by Gasteiger charge is -2.37. The highest BCUT2D eigenvalue weighted by molar-refractivity contribution is 5.94. The first-order chi connectivity index (χ1) is 11.4. The Labute approximate surface area is 136 Å². The van der Waals surface area contributed by atoms with Crippen molar-refractivity contribution < 1.29 is 18.0 Å². The second-order valence-electron chi connectivity index (χ2n) is 5.64. The molecule has 1 fully saturated rings. The van der Waals surface area contributed by atoms with Gasteiger partial charge in [0.05, 0.1) is 5.56 Å². The molecule has 3 rings (SSSR count). The fourth-order valence-electron chi connectivity index (χ4n) is 2.49. The van der Waals surface area contributed by atoms with Crippen molar-refractivity contribution in [2.45, 2.75) is 31.5 Å². The molecule has 0 aromatic carbocycles. The van der Waals surface area contributed by atoms with Gasteiger partial charge in [-0.1, -0.05) is 6.07 Å². The van der Waals surface area contributed by atoms with Crippen LogP contribution in [0, 0.1) is 0 Å². The molecule has 1 aliphatic carbocycles. The maximum Gasteiger partial charge on any atom is 0.406 e. The van der Waals surface area contributed by atoms with Crippen LogP contribution in [0.4, 0.5) is 13.2 Å². The monoisotopic (exact) mass is 336 g/mol. The predicted molar refractivity (Wildman–Crippen MR) is 80.0 cm³/mol. The van der Waals surface area contributed by atoms with Crippen LogP contribution in [-0.2, 0) is 0 Å². The average molecular weight is 336 g/mol. The van der Waals surface area contributed by atoms with Gasteiger partial charge in [-0.25, -0.2) is 9.97 Å². The SMILES string of the molecule is O=C(c1cnc(-c2ccccn2)nc1)N(CC(F)(F)F)C1CCC1. The molecule has 1 amide bonds. The topological polar surface area (TPSA) is 59.0 Å². The normalized spacial score (nSPS) is 15.0. The minimum Gasteiger partial charge on any atom is -0.326 e. The van der Waals surface area contributed by atoms with Gasteiger partial charge < -0.3 is 4.90 Å². The van der Waals surface area contributed by atoms with E-state index in [1.807, 2.05) is 0 Å². The Morgan fingerprint density at radius 1 is 1.17 bits per heavy atom. The van der Waals surface area contributed by atoms with Crippen molar-refractivity contribution in [1.29, 1.82) is 0 Å². The lowest BCUT2D eigenvalue weighted by molar-refractivity contribution is -0.147. The van der Waals surface area contributed by atoms with Gasteiger partial charge in [0.15, 0.2) is 5.82 Å². The molecule has 24 heavy (non-hydrogen) atoms. The minimum atomic E-state index is -4.43. The number of carbonyl (C=O) groups is 1. The van der Waals surface area contributed by atoms with Crippen molar-refractivity contribution in [2.75, 3.05) is 6.54 Å². The Morgan fingerprint density at radius 3 is 2.38 bits per heavy atom. The van der Waals surface area contributed by atoms with Crippen molar-refractivity contribution >= 4 is 5.91 Å². The molecule has 0 aliphatic heterocycles. The largest absolute Gasteiger partial charge is 0.406 e. The van der Waals surface area contributed by atoms with Crippen LogP contribution in [0.15, 0.2) is 36.8 Å². The molecule has 2 aromatic heterocycles. The second kappa shape index (κ2) is 6.54. The number of aromatic nitrogens is 3. The second-order valence-corrected chi connectivity index (χ2v) is 5.64. The molecule has 2 heterocycles. The van der Waals surface area contributed by atoms with E-state index < -0.39 is 18.6 Å². The first-order valence-electron chi connectivity index (χ1n) is 7.55. The molecule has 2 aromatic rings. The Kier molecular flexibility index (Phi) is 4.46. The highest BCUT2D eigenvalue weighted by atomic mass is 19.4. The van der Waals surface area contributed by atoms with Crippen LogP contribution in [0.5, 0.6) is 0 Å². The van der Waals surface area contributed by atoms with Crippen LogP contribution in [0.3, 0.4) is 0 Å². The Balaban J connectivity index is 1.80. The lowest BCUT2D eigenvalue weighted by Crippen LogP contribution is -2.48. The number of rotatable bonds is 4. The number of amides is 1. The standard InChI is InChI=1S/C16H15F3N4O/c17-16(18,19)10-23(12-4-3-5-12)15(24)11-8-21-14(22-9-11)13-6-1-2-7-20-13/h1-2,6-9,12H,3-5,10H2. The Bertz CT molecular complexity index is 700. The summed E-state index contributed by atoms with van der Waals surface area (Å²) in [4.78, 5) is 25.5. The fraction of sp³-hybridized carbons (Fsp3) is 0.375. The van der Waals surface area contributed by atoms with Crippen LogP contribution in [0.2, 0.25) is 0 Å². The highest BCUT2D eigenvalue weighted by Crippen LogP contribution is 2.29. The molecule has 0 N–H and O–H groups in total. The molecule has 0 unspecified atom stereocenters. The number of hydrogen-bond acceptors (Lipinski definition) is 4. The van der Waals surface area contributed by atoms with Gasteiger partial charge in [0.1, 0.15) is 12.2 Å². The van der Waals surface area contributed by atoms with E-state index in [2.05, 4.69) is 15.0 Å². The number of halogens is 3. The molecule has 8 heteroatoms. The van der Waals surface area contributed by atoms with Gasteiger partial charge in [0, 0.05) is 24.6 Å². The van der Waals surface area contributed by atoms with Crippen molar-refractivity contribution in [3.63, 3.8) is 0 Å². The molecule has 126 valence electrons. The van der Waals surface area contributed by atoms with Crippen LogP contribution in [-0.4, -0.2) is 44.5 Å². The van der Waals surface area contributed by atoms with Crippen LogP contribution in [0.1, 0.15) is 29.6 Å². The average Bonchev–Trinajstić information content (AvgIpc) is 2.52. The van der Waals surface area contributed by atoms with E-state index in [4.69, 9.17) is 0 Å². The molecule has 5 nitrogen and oxygen atoms in total. The number of hydrogen-bond donors (Lipinski definition) is 0. The number of carbonyl (C=O) groups excluding carboxylic acids is 1. The zero-order valence-electron chi connectivity index (χ0n) is 12.7. The zero-order chi connectivity index (χ0) is 17.2. The fourth-order valence-corrected chi connectivity index (χ4v) is 2.49. The van der Waals surface area contributed by atoms with Crippen molar-refractivity contribution in [2.24, 2.45) is 0 Å². The van der Waals surface area contributed by atoms with E-state index in [0.717, 1.165) is 11.3 Å². The van der Waals surface area contributed by atoms with E-state index in [0.29, 0.717) is 24.4 Å². The maximum absolute atomic E-state index is 12.8. The molecule has 1 aliphatic rings. The summed E-state index contributed by atoms with van der Waals surface area (Å²) in [6, 6.07) is 4.86. The first kappa shape index (κ1) is 16.4. The van der Waals surface area contributed by atoms with Gasteiger partial charge in [-0.15, -0.1) is 0 Å². The number of nitrogens with zero attached hydrogens (tertiary/aromatic N) is 4. The van der Waals surface area contributed by atoms with E-state index in [1.165, 1.54) is 12.4 Å². The molecular weight excluding hydrogens is 321 g/mol. The number of pyridine rings is 1. The molecule has 0 radical (unpaired) electrons.